The Bertz CT molecular complexity index is 630. The molecule has 1 amide bonds. The summed E-state index contributed by atoms with van der Waals surface area (Å²) in [6.45, 7) is 9.38. The molecule has 2 fully saturated rings. The zero-order valence-corrected chi connectivity index (χ0v) is 17.0. The van der Waals surface area contributed by atoms with Gasteiger partial charge in [-0.3, -0.25) is 0 Å². The minimum atomic E-state index is -0.426. The van der Waals surface area contributed by atoms with Gasteiger partial charge in [0, 0.05) is 32.2 Å². The zero-order chi connectivity index (χ0) is 19.4. The summed E-state index contributed by atoms with van der Waals surface area (Å²) in [5, 5.41) is 0. The lowest BCUT2D eigenvalue weighted by molar-refractivity contribution is 0.0152. The maximum absolute atomic E-state index is 12.2. The van der Waals surface area contributed by atoms with Gasteiger partial charge in [-0.1, -0.05) is 0 Å². The summed E-state index contributed by atoms with van der Waals surface area (Å²) in [5.74, 6) is 2.98. The van der Waals surface area contributed by atoms with Crippen molar-refractivity contribution in [2.24, 2.45) is 11.8 Å². The van der Waals surface area contributed by atoms with E-state index < -0.39 is 5.60 Å². The molecular formula is C20H32N4O3. The minimum Gasteiger partial charge on any atom is -0.481 e. The number of amides is 1. The molecule has 1 aromatic rings. The van der Waals surface area contributed by atoms with E-state index >= 15 is 0 Å². The van der Waals surface area contributed by atoms with Crippen molar-refractivity contribution in [1.29, 1.82) is 0 Å². The first-order valence-electron chi connectivity index (χ1n) is 9.94. The summed E-state index contributed by atoms with van der Waals surface area (Å²) in [7, 11) is 1.63. The number of ether oxygens (including phenoxy) is 2. The second kappa shape index (κ2) is 8.31. The summed E-state index contributed by atoms with van der Waals surface area (Å²) in [6, 6.07) is 1.90. The summed E-state index contributed by atoms with van der Waals surface area (Å²) in [6.07, 6.45) is 5.88. The molecule has 0 radical (unpaired) electrons. The van der Waals surface area contributed by atoms with Gasteiger partial charge in [0.05, 0.1) is 7.11 Å². The molecule has 0 N–H and O–H groups in total. The van der Waals surface area contributed by atoms with Gasteiger partial charge in [0.15, 0.2) is 0 Å². The van der Waals surface area contributed by atoms with Crippen molar-refractivity contribution in [3.63, 3.8) is 0 Å². The van der Waals surface area contributed by atoms with Crippen LogP contribution >= 0.6 is 0 Å². The van der Waals surface area contributed by atoms with Crippen LogP contribution in [0, 0.1) is 11.8 Å². The summed E-state index contributed by atoms with van der Waals surface area (Å²) in [4.78, 5) is 24.9. The normalized spacial score (nSPS) is 19.9. The smallest absolute Gasteiger partial charge is 0.410 e. The lowest BCUT2D eigenvalue weighted by Crippen LogP contribution is -2.44. The molecule has 7 nitrogen and oxygen atoms in total. The highest BCUT2D eigenvalue weighted by atomic mass is 16.6. The van der Waals surface area contributed by atoms with Gasteiger partial charge in [0.2, 0.25) is 5.88 Å². The van der Waals surface area contributed by atoms with Crippen LogP contribution in [0.15, 0.2) is 12.4 Å². The molecule has 150 valence electrons. The Hall–Kier alpha value is -2.05. The number of likely N-dealkylation sites (tertiary alicyclic amines) is 1. The number of anilines is 1. The van der Waals surface area contributed by atoms with E-state index in [2.05, 4.69) is 14.9 Å². The standard InChI is InChI=1S/C20H32N4O3/c1-20(2,3)27-19(25)24-11-7-16(8-12-24)15-5-9-23(10-6-15)17-13-18(26-4)22-14-21-17/h13-16H,5-12H2,1-4H3. The van der Waals surface area contributed by atoms with E-state index in [0.29, 0.717) is 11.8 Å². The fourth-order valence-electron chi connectivity index (χ4n) is 4.09. The second-order valence-electron chi connectivity index (χ2n) is 8.55. The van der Waals surface area contributed by atoms with Crippen LogP contribution in [0.25, 0.3) is 0 Å². The summed E-state index contributed by atoms with van der Waals surface area (Å²) in [5.41, 5.74) is -0.426. The number of aromatic nitrogens is 2. The average Bonchev–Trinajstić information content (AvgIpc) is 2.67. The molecule has 0 atom stereocenters. The van der Waals surface area contributed by atoms with Crippen LogP contribution in [0.4, 0.5) is 10.6 Å². The van der Waals surface area contributed by atoms with E-state index in [0.717, 1.165) is 50.8 Å². The lowest BCUT2D eigenvalue weighted by atomic mass is 9.79. The Labute approximate surface area is 162 Å². The fraction of sp³-hybridized carbons (Fsp3) is 0.750. The molecule has 2 aliphatic heterocycles. The topological polar surface area (TPSA) is 67.8 Å². The predicted octanol–water partition coefficient (Wildman–Crippen LogP) is 3.35. The molecule has 0 unspecified atom stereocenters. The van der Waals surface area contributed by atoms with Gasteiger partial charge in [-0.15, -0.1) is 0 Å². The van der Waals surface area contributed by atoms with Crippen molar-refractivity contribution in [2.45, 2.75) is 52.1 Å². The molecule has 0 saturated carbocycles. The molecule has 3 rings (SSSR count). The molecule has 7 heteroatoms. The van der Waals surface area contributed by atoms with Gasteiger partial charge in [-0.2, -0.15) is 0 Å². The van der Waals surface area contributed by atoms with Crippen LogP contribution < -0.4 is 9.64 Å². The van der Waals surface area contributed by atoms with Crippen molar-refractivity contribution in [2.75, 3.05) is 38.2 Å². The van der Waals surface area contributed by atoms with Crippen molar-refractivity contribution in [3.05, 3.63) is 12.4 Å². The van der Waals surface area contributed by atoms with Gasteiger partial charge < -0.3 is 19.3 Å². The van der Waals surface area contributed by atoms with Crippen LogP contribution in [-0.2, 0) is 4.74 Å². The molecule has 0 aliphatic carbocycles. The van der Waals surface area contributed by atoms with Crippen molar-refractivity contribution < 1.29 is 14.3 Å². The maximum atomic E-state index is 12.2. The largest absolute Gasteiger partial charge is 0.481 e. The number of methoxy groups -OCH3 is 1. The van der Waals surface area contributed by atoms with E-state index in [1.54, 1.807) is 13.4 Å². The zero-order valence-electron chi connectivity index (χ0n) is 17.0. The quantitative estimate of drug-likeness (QED) is 0.806. The maximum Gasteiger partial charge on any atom is 0.410 e. The lowest BCUT2D eigenvalue weighted by Gasteiger charge is -2.40. The summed E-state index contributed by atoms with van der Waals surface area (Å²) >= 11 is 0. The van der Waals surface area contributed by atoms with E-state index in [-0.39, 0.29) is 6.09 Å². The second-order valence-corrected chi connectivity index (χ2v) is 8.55. The van der Waals surface area contributed by atoms with E-state index in [4.69, 9.17) is 9.47 Å². The van der Waals surface area contributed by atoms with Gasteiger partial charge in [-0.25, -0.2) is 14.8 Å². The average molecular weight is 377 g/mol. The number of hydrogen-bond acceptors (Lipinski definition) is 6. The molecule has 0 spiro atoms. The molecule has 2 saturated heterocycles. The highest BCUT2D eigenvalue weighted by molar-refractivity contribution is 5.68. The van der Waals surface area contributed by atoms with E-state index in [9.17, 15) is 4.79 Å². The predicted molar refractivity (Wildman–Crippen MR) is 104 cm³/mol. The molecule has 0 aromatic carbocycles. The first kappa shape index (κ1) is 19.7. The number of rotatable bonds is 3. The molecular weight excluding hydrogens is 344 g/mol. The van der Waals surface area contributed by atoms with Gasteiger partial charge in [-0.05, 0) is 58.3 Å². The molecule has 3 heterocycles. The van der Waals surface area contributed by atoms with Gasteiger partial charge in [0.1, 0.15) is 17.7 Å². The van der Waals surface area contributed by atoms with Crippen molar-refractivity contribution >= 4 is 11.9 Å². The van der Waals surface area contributed by atoms with Crippen molar-refractivity contribution in [3.8, 4) is 5.88 Å². The first-order valence-corrected chi connectivity index (χ1v) is 9.94. The number of carbonyl (C=O) groups excluding carboxylic acids is 1. The number of piperidine rings is 2. The Morgan fingerprint density at radius 1 is 1.04 bits per heavy atom. The van der Waals surface area contributed by atoms with Gasteiger partial charge >= 0.3 is 6.09 Å². The van der Waals surface area contributed by atoms with Gasteiger partial charge in [0.25, 0.3) is 0 Å². The van der Waals surface area contributed by atoms with Crippen LogP contribution in [-0.4, -0.2) is 59.9 Å². The third-order valence-corrected chi connectivity index (χ3v) is 5.56. The summed E-state index contributed by atoms with van der Waals surface area (Å²) < 4.78 is 10.7. The molecule has 2 aliphatic rings. The van der Waals surface area contributed by atoms with E-state index in [1.165, 1.54) is 12.8 Å². The van der Waals surface area contributed by atoms with Crippen LogP contribution in [0.2, 0.25) is 0 Å². The monoisotopic (exact) mass is 376 g/mol. The molecule has 0 bridgehead atoms. The van der Waals surface area contributed by atoms with Crippen LogP contribution in [0.1, 0.15) is 46.5 Å². The third-order valence-electron chi connectivity index (χ3n) is 5.56. The molecule has 1 aromatic heterocycles. The number of hydrogen-bond donors (Lipinski definition) is 0. The number of carbonyl (C=O) groups is 1. The van der Waals surface area contributed by atoms with Crippen LogP contribution in [0.5, 0.6) is 5.88 Å². The first-order chi connectivity index (χ1) is 12.9. The minimum absolute atomic E-state index is 0.173. The molecule has 27 heavy (non-hydrogen) atoms. The van der Waals surface area contributed by atoms with E-state index in [1.807, 2.05) is 31.7 Å². The fourth-order valence-corrected chi connectivity index (χ4v) is 4.09. The Balaban J connectivity index is 1.46. The van der Waals surface area contributed by atoms with Crippen molar-refractivity contribution in [1.82, 2.24) is 14.9 Å². The number of nitrogens with zero attached hydrogens (tertiary/aromatic N) is 4. The SMILES string of the molecule is COc1cc(N2CCC(C3CCN(C(=O)OC(C)(C)C)CC3)CC2)ncn1. The highest BCUT2D eigenvalue weighted by Crippen LogP contribution is 2.34. The van der Waals surface area contributed by atoms with Crippen LogP contribution in [0.3, 0.4) is 0 Å². The Morgan fingerprint density at radius 2 is 1.63 bits per heavy atom. The third kappa shape index (κ3) is 5.23. The highest BCUT2D eigenvalue weighted by Gasteiger charge is 2.32. The Kier molecular flexibility index (Phi) is 6.07. The Morgan fingerprint density at radius 3 is 2.19 bits per heavy atom.